The van der Waals surface area contributed by atoms with Gasteiger partial charge in [-0.05, 0) is 54.8 Å². The Morgan fingerprint density at radius 3 is 2.08 bits per heavy atom. The number of carbonyl (C=O) groups excluding carboxylic acids is 2. The van der Waals surface area contributed by atoms with Crippen LogP contribution in [0.3, 0.4) is 0 Å². The van der Waals surface area contributed by atoms with Crippen LogP contribution in [0.25, 0.3) is 5.57 Å². The second-order valence-electron chi connectivity index (χ2n) is 5.93. The fourth-order valence-corrected chi connectivity index (χ4v) is 2.96. The third kappa shape index (κ3) is 2.93. The summed E-state index contributed by atoms with van der Waals surface area (Å²) in [5.41, 5.74) is 4.25. The van der Waals surface area contributed by atoms with E-state index in [4.69, 9.17) is 11.6 Å². The number of rotatable bonds is 3. The van der Waals surface area contributed by atoms with Crippen LogP contribution in [0.4, 0.5) is 5.69 Å². The summed E-state index contributed by atoms with van der Waals surface area (Å²) in [6.45, 7) is 3.97. The molecule has 122 valence electrons. The van der Waals surface area contributed by atoms with Crippen LogP contribution in [0.1, 0.15) is 16.7 Å². The molecule has 0 fully saturated rings. The highest BCUT2D eigenvalue weighted by molar-refractivity contribution is 6.36. The predicted molar refractivity (Wildman–Crippen MR) is 95.7 cm³/mol. The highest BCUT2D eigenvalue weighted by Gasteiger charge is 2.36. The minimum absolute atomic E-state index is 0.287. The molecule has 1 heterocycles. The van der Waals surface area contributed by atoms with Crippen molar-refractivity contribution in [3.05, 3.63) is 69.9 Å². The van der Waals surface area contributed by atoms with E-state index in [0.717, 1.165) is 21.7 Å². The number of imide groups is 1. The van der Waals surface area contributed by atoms with Crippen LogP contribution in [0.15, 0.2) is 48.2 Å². The minimum Gasteiger partial charge on any atom is -0.350 e. The van der Waals surface area contributed by atoms with Crippen molar-refractivity contribution in [2.24, 2.45) is 0 Å². The zero-order valence-corrected chi connectivity index (χ0v) is 14.4. The summed E-state index contributed by atoms with van der Waals surface area (Å²) >= 11 is 5.92. The van der Waals surface area contributed by atoms with E-state index in [2.05, 4.69) is 5.32 Å². The average molecular weight is 341 g/mol. The fourth-order valence-electron chi connectivity index (χ4n) is 2.83. The Labute approximate surface area is 145 Å². The number of nitrogens with zero attached hydrogens (tertiary/aromatic N) is 1. The second-order valence-corrected chi connectivity index (χ2v) is 6.36. The van der Waals surface area contributed by atoms with Crippen LogP contribution in [-0.2, 0) is 9.59 Å². The Morgan fingerprint density at radius 2 is 1.50 bits per heavy atom. The number of halogens is 1. The molecule has 0 saturated carbocycles. The molecule has 1 N–H and O–H groups in total. The van der Waals surface area contributed by atoms with Crippen molar-refractivity contribution in [3.8, 4) is 0 Å². The molecule has 24 heavy (non-hydrogen) atoms. The van der Waals surface area contributed by atoms with Crippen LogP contribution < -0.4 is 5.32 Å². The van der Waals surface area contributed by atoms with Crippen LogP contribution in [0.2, 0.25) is 5.02 Å². The fraction of sp³-hybridized carbons (Fsp3) is 0.158. The summed E-state index contributed by atoms with van der Waals surface area (Å²) in [6.07, 6.45) is 0. The van der Waals surface area contributed by atoms with Crippen LogP contribution in [-0.4, -0.2) is 23.8 Å². The minimum atomic E-state index is -0.343. The van der Waals surface area contributed by atoms with Gasteiger partial charge in [0.1, 0.15) is 5.70 Å². The molecule has 2 aromatic rings. The maximum atomic E-state index is 12.5. The molecule has 1 aliphatic rings. The van der Waals surface area contributed by atoms with E-state index in [1.54, 1.807) is 24.3 Å². The van der Waals surface area contributed by atoms with E-state index >= 15 is 0 Å². The third-order valence-corrected chi connectivity index (χ3v) is 4.16. The maximum Gasteiger partial charge on any atom is 0.277 e. The monoisotopic (exact) mass is 340 g/mol. The summed E-state index contributed by atoms with van der Waals surface area (Å²) in [7, 11) is 1.48. The molecule has 0 aliphatic carbocycles. The molecular formula is C19H17ClN2O2. The lowest BCUT2D eigenvalue weighted by molar-refractivity contribution is -0.135. The Morgan fingerprint density at radius 1 is 0.917 bits per heavy atom. The van der Waals surface area contributed by atoms with E-state index in [0.29, 0.717) is 16.2 Å². The Bertz CT molecular complexity index is 849. The van der Waals surface area contributed by atoms with E-state index in [1.807, 2.05) is 32.0 Å². The van der Waals surface area contributed by atoms with Gasteiger partial charge < -0.3 is 5.32 Å². The lowest BCUT2D eigenvalue weighted by Crippen LogP contribution is -2.27. The van der Waals surface area contributed by atoms with E-state index in [9.17, 15) is 9.59 Å². The van der Waals surface area contributed by atoms with Crippen molar-refractivity contribution < 1.29 is 9.59 Å². The number of nitrogens with one attached hydrogen (secondary N) is 1. The normalized spacial score (nSPS) is 14.6. The first kappa shape index (κ1) is 16.3. The number of carbonyl (C=O) groups is 2. The van der Waals surface area contributed by atoms with Crippen LogP contribution in [0, 0.1) is 13.8 Å². The number of amides is 2. The molecular weight excluding hydrogens is 324 g/mol. The molecule has 0 radical (unpaired) electrons. The molecule has 2 amide bonds. The van der Waals surface area contributed by atoms with Gasteiger partial charge in [-0.15, -0.1) is 0 Å². The second kappa shape index (κ2) is 6.13. The topological polar surface area (TPSA) is 49.4 Å². The third-order valence-electron chi connectivity index (χ3n) is 3.91. The van der Waals surface area contributed by atoms with Gasteiger partial charge >= 0.3 is 0 Å². The summed E-state index contributed by atoms with van der Waals surface area (Å²) in [5.74, 6) is -0.668. The molecule has 0 atom stereocenters. The smallest absolute Gasteiger partial charge is 0.277 e. The molecule has 5 heteroatoms. The largest absolute Gasteiger partial charge is 0.350 e. The Kier molecular flexibility index (Phi) is 4.16. The first-order chi connectivity index (χ1) is 11.4. The van der Waals surface area contributed by atoms with E-state index < -0.39 is 0 Å². The average Bonchev–Trinajstić information content (AvgIpc) is 2.72. The molecule has 0 saturated heterocycles. The predicted octanol–water partition coefficient (Wildman–Crippen LogP) is 3.78. The van der Waals surface area contributed by atoms with Gasteiger partial charge in [0.15, 0.2) is 0 Å². The van der Waals surface area contributed by atoms with Crippen molar-refractivity contribution in [2.45, 2.75) is 13.8 Å². The summed E-state index contributed by atoms with van der Waals surface area (Å²) < 4.78 is 0. The highest BCUT2D eigenvalue weighted by atomic mass is 35.5. The first-order valence-electron chi connectivity index (χ1n) is 7.55. The van der Waals surface area contributed by atoms with Gasteiger partial charge in [-0.25, -0.2) is 0 Å². The molecule has 3 rings (SSSR count). The van der Waals surface area contributed by atoms with E-state index in [1.165, 1.54) is 7.05 Å². The molecule has 2 aromatic carbocycles. The number of anilines is 1. The number of aryl methyl sites for hydroxylation is 2. The lowest BCUT2D eigenvalue weighted by atomic mass is 10.0. The van der Waals surface area contributed by atoms with Gasteiger partial charge in [0.25, 0.3) is 11.8 Å². The van der Waals surface area contributed by atoms with Crippen LogP contribution >= 0.6 is 11.6 Å². The van der Waals surface area contributed by atoms with Crippen LogP contribution in [0.5, 0.6) is 0 Å². The van der Waals surface area contributed by atoms with Gasteiger partial charge in [0.05, 0.1) is 5.57 Å². The van der Waals surface area contributed by atoms with Crippen molar-refractivity contribution in [1.82, 2.24) is 4.90 Å². The van der Waals surface area contributed by atoms with Gasteiger partial charge in [-0.3, -0.25) is 14.5 Å². The number of benzene rings is 2. The molecule has 0 unspecified atom stereocenters. The van der Waals surface area contributed by atoms with Crippen molar-refractivity contribution in [2.75, 3.05) is 12.4 Å². The summed E-state index contributed by atoms with van der Waals surface area (Å²) in [6, 6.07) is 12.8. The molecule has 1 aliphatic heterocycles. The van der Waals surface area contributed by atoms with Crippen molar-refractivity contribution in [3.63, 3.8) is 0 Å². The lowest BCUT2D eigenvalue weighted by Gasteiger charge is -2.10. The molecule has 0 aromatic heterocycles. The van der Waals surface area contributed by atoms with Crippen molar-refractivity contribution >= 4 is 34.7 Å². The van der Waals surface area contributed by atoms with Gasteiger partial charge in [-0.2, -0.15) is 0 Å². The number of hydrogen-bond acceptors (Lipinski definition) is 3. The molecule has 4 nitrogen and oxygen atoms in total. The summed E-state index contributed by atoms with van der Waals surface area (Å²) in [4.78, 5) is 26.1. The molecule has 0 bridgehead atoms. The highest BCUT2D eigenvalue weighted by Crippen LogP contribution is 2.30. The Hall–Kier alpha value is -2.59. The number of likely N-dealkylation sites (N-methyl/N-ethyl adjacent to an activating group) is 1. The van der Waals surface area contributed by atoms with Crippen molar-refractivity contribution in [1.29, 1.82) is 0 Å². The zero-order chi connectivity index (χ0) is 17.4. The number of hydrogen-bond donors (Lipinski definition) is 1. The standard InChI is InChI=1S/C19H17ClN2O2/c1-11-8-12(2)10-15(9-11)21-17-16(18(23)22(3)19(17)24)13-4-6-14(20)7-5-13/h4-10,21H,1-3H3. The van der Waals surface area contributed by atoms with Gasteiger partial charge in [0, 0.05) is 17.8 Å². The Balaban J connectivity index is 2.09. The van der Waals surface area contributed by atoms with Gasteiger partial charge in [-0.1, -0.05) is 29.8 Å². The summed E-state index contributed by atoms with van der Waals surface area (Å²) in [5, 5.41) is 3.71. The van der Waals surface area contributed by atoms with E-state index in [-0.39, 0.29) is 17.5 Å². The van der Waals surface area contributed by atoms with Gasteiger partial charge in [0.2, 0.25) is 0 Å². The zero-order valence-electron chi connectivity index (χ0n) is 13.7. The first-order valence-corrected chi connectivity index (χ1v) is 7.92. The quantitative estimate of drug-likeness (QED) is 0.865. The molecule has 0 spiro atoms. The maximum absolute atomic E-state index is 12.5. The SMILES string of the molecule is Cc1cc(C)cc(NC2=C(c3ccc(Cl)cc3)C(=O)N(C)C2=O)c1.